The van der Waals surface area contributed by atoms with Crippen molar-refractivity contribution < 1.29 is 0 Å². The van der Waals surface area contributed by atoms with Crippen LogP contribution in [0.4, 0.5) is 0 Å². The smallest absolute Gasteiger partial charge is 0.0293 e. The molecule has 3 atom stereocenters. The Morgan fingerprint density at radius 3 is 2.00 bits per heavy atom. The van der Waals surface area contributed by atoms with Crippen molar-refractivity contribution in [1.82, 2.24) is 4.90 Å². The third-order valence-corrected chi connectivity index (χ3v) is 3.82. The first kappa shape index (κ1) is 11.2. The van der Waals surface area contributed by atoms with Crippen molar-refractivity contribution >= 4 is 0 Å². The number of hydrogen-bond acceptors (Lipinski definition) is 1. The summed E-state index contributed by atoms with van der Waals surface area (Å²) < 4.78 is 0. The molecular weight excluding hydrogens is 182 g/mol. The minimum atomic E-state index is 0.294. The Kier molecular flexibility index (Phi) is 2.31. The van der Waals surface area contributed by atoms with E-state index in [-0.39, 0.29) is 0 Å². The molecule has 0 aromatic rings. The number of hydrogen-bond donors (Lipinski definition) is 0. The number of rotatable bonds is 0. The molecule has 1 heterocycles. The average Bonchev–Trinajstić information content (AvgIpc) is 2.56. The molecule has 0 spiro atoms. The molecule has 1 aliphatic heterocycles. The zero-order chi connectivity index (χ0) is 11.4. The quantitative estimate of drug-likeness (QED) is 0.550. The zero-order valence-electron chi connectivity index (χ0n) is 11.0. The highest BCUT2D eigenvalue weighted by Gasteiger charge is 2.50. The van der Waals surface area contributed by atoms with Crippen LogP contribution in [0.2, 0.25) is 0 Å². The maximum Gasteiger partial charge on any atom is 0.0293 e. The SMILES string of the molecule is CC(C)(C)C1C2C=CC(C2)N1C(C)(C)C. The highest BCUT2D eigenvalue weighted by Crippen LogP contribution is 2.47. The third-order valence-electron chi connectivity index (χ3n) is 3.82. The predicted octanol–water partition coefficient (Wildman–Crippen LogP) is 3.46. The van der Waals surface area contributed by atoms with E-state index in [9.17, 15) is 0 Å². The highest BCUT2D eigenvalue weighted by molar-refractivity contribution is 5.20. The summed E-state index contributed by atoms with van der Waals surface area (Å²) in [5.74, 6) is 0.786. The molecule has 1 saturated heterocycles. The monoisotopic (exact) mass is 207 g/mol. The van der Waals surface area contributed by atoms with E-state index in [1.54, 1.807) is 0 Å². The van der Waals surface area contributed by atoms with E-state index < -0.39 is 0 Å². The first-order valence-electron chi connectivity index (χ1n) is 6.18. The summed E-state index contributed by atoms with van der Waals surface area (Å²) in [7, 11) is 0. The molecule has 0 N–H and O–H groups in total. The van der Waals surface area contributed by atoms with Crippen LogP contribution in [0, 0.1) is 11.3 Å². The summed E-state index contributed by atoms with van der Waals surface area (Å²) >= 11 is 0. The lowest BCUT2D eigenvalue weighted by molar-refractivity contribution is 0.0240. The lowest BCUT2D eigenvalue weighted by atomic mass is 9.78. The first-order valence-corrected chi connectivity index (χ1v) is 6.18. The molecule has 1 fully saturated rings. The second-order valence-corrected chi connectivity index (χ2v) is 7.24. The van der Waals surface area contributed by atoms with E-state index in [0.29, 0.717) is 23.0 Å². The average molecular weight is 207 g/mol. The zero-order valence-corrected chi connectivity index (χ0v) is 11.0. The van der Waals surface area contributed by atoms with Gasteiger partial charge in [-0.25, -0.2) is 0 Å². The second-order valence-electron chi connectivity index (χ2n) is 7.24. The Balaban J connectivity index is 2.33. The van der Waals surface area contributed by atoms with Gasteiger partial charge in [-0.05, 0) is 38.5 Å². The van der Waals surface area contributed by atoms with Crippen LogP contribution in [-0.2, 0) is 0 Å². The van der Waals surface area contributed by atoms with Crippen molar-refractivity contribution in [2.45, 2.75) is 65.6 Å². The summed E-state index contributed by atoms with van der Waals surface area (Å²) in [5, 5.41) is 0. The van der Waals surface area contributed by atoms with Crippen molar-refractivity contribution in [2.24, 2.45) is 11.3 Å². The van der Waals surface area contributed by atoms with Crippen LogP contribution in [0.3, 0.4) is 0 Å². The van der Waals surface area contributed by atoms with Crippen molar-refractivity contribution in [3.8, 4) is 0 Å². The lowest BCUT2D eigenvalue weighted by Gasteiger charge is -2.48. The van der Waals surface area contributed by atoms with E-state index in [0.717, 1.165) is 5.92 Å². The minimum absolute atomic E-state index is 0.294. The molecule has 0 radical (unpaired) electrons. The van der Waals surface area contributed by atoms with Crippen LogP contribution >= 0.6 is 0 Å². The topological polar surface area (TPSA) is 3.24 Å². The molecule has 0 aromatic heterocycles. The van der Waals surface area contributed by atoms with Crippen molar-refractivity contribution in [1.29, 1.82) is 0 Å². The standard InChI is InChI=1S/C14H25N/c1-13(2,3)12-10-7-8-11(9-10)15(12)14(4,5)6/h7-8,10-12H,9H2,1-6H3. The molecule has 15 heavy (non-hydrogen) atoms. The van der Waals surface area contributed by atoms with Gasteiger partial charge in [-0.2, -0.15) is 0 Å². The molecule has 0 saturated carbocycles. The van der Waals surface area contributed by atoms with Crippen LogP contribution in [0.1, 0.15) is 48.0 Å². The van der Waals surface area contributed by atoms with E-state index in [4.69, 9.17) is 0 Å². The second kappa shape index (κ2) is 3.10. The van der Waals surface area contributed by atoms with Gasteiger partial charge in [-0.1, -0.05) is 32.9 Å². The Bertz CT molecular complexity index is 249. The van der Waals surface area contributed by atoms with Crippen LogP contribution in [-0.4, -0.2) is 22.5 Å². The predicted molar refractivity (Wildman–Crippen MR) is 65.9 cm³/mol. The summed E-state index contributed by atoms with van der Waals surface area (Å²) in [6.45, 7) is 14.2. The minimum Gasteiger partial charge on any atom is -0.288 e. The van der Waals surface area contributed by atoms with Gasteiger partial charge in [0, 0.05) is 17.6 Å². The molecule has 2 bridgehead atoms. The van der Waals surface area contributed by atoms with Gasteiger partial charge >= 0.3 is 0 Å². The molecule has 2 rings (SSSR count). The Hall–Kier alpha value is -0.300. The van der Waals surface area contributed by atoms with Crippen LogP contribution < -0.4 is 0 Å². The fraction of sp³-hybridized carbons (Fsp3) is 0.857. The lowest BCUT2D eigenvalue weighted by Crippen LogP contribution is -2.55. The number of nitrogens with zero attached hydrogens (tertiary/aromatic N) is 1. The number of fused-ring (bicyclic) bond motifs is 2. The van der Waals surface area contributed by atoms with Gasteiger partial charge in [0.1, 0.15) is 0 Å². The van der Waals surface area contributed by atoms with Crippen molar-refractivity contribution in [3.63, 3.8) is 0 Å². The Labute approximate surface area is 94.5 Å². The molecular formula is C14H25N. The van der Waals surface area contributed by atoms with Gasteiger partial charge in [-0.15, -0.1) is 0 Å². The van der Waals surface area contributed by atoms with E-state index >= 15 is 0 Å². The fourth-order valence-electron chi connectivity index (χ4n) is 3.53. The van der Waals surface area contributed by atoms with Crippen LogP contribution in [0.25, 0.3) is 0 Å². The highest BCUT2D eigenvalue weighted by atomic mass is 15.3. The van der Waals surface area contributed by atoms with Gasteiger partial charge in [0.15, 0.2) is 0 Å². The molecule has 0 aromatic carbocycles. The summed E-state index contributed by atoms with van der Waals surface area (Å²) in [6, 6.07) is 1.41. The summed E-state index contributed by atoms with van der Waals surface area (Å²) in [5.41, 5.74) is 0.680. The molecule has 1 nitrogen and oxygen atoms in total. The van der Waals surface area contributed by atoms with Crippen LogP contribution in [0.15, 0.2) is 12.2 Å². The Morgan fingerprint density at radius 2 is 1.60 bits per heavy atom. The van der Waals surface area contributed by atoms with Gasteiger partial charge in [-0.3, -0.25) is 4.90 Å². The molecule has 3 unspecified atom stereocenters. The van der Waals surface area contributed by atoms with Gasteiger partial charge in [0.05, 0.1) is 0 Å². The number of likely N-dealkylation sites (tertiary alicyclic amines) is 1. The van der Waals surface area contributed by atoms with Gasteiger partial charge < -0.3 is 0 Å². The maximum atomic E-state index is 2.73. The summed E-state index contributed by atoms with van der Waals surface area (Å²) in [6.07, 6.45) is 6.21. The van der Waals surface area contributed by atoms with Crippen molar-refractivity contribution in [2.75, 3.05) is 0 Å². The summed E-state index contributed by atoms with van der Waals surface area (Å²) in [4.78, 5) is 2.73. The molecule has 1 heteroatoms. The molecule has 86 valence electrons. The van der Waals surface area contributed by atoms with E-state index in [1.165, 1.54) is 6.42 Å². The Morgan fingerprint density at radius 1 is 1.00 bits per heavy atom. The first-order chi connectivity index (χ1) is 6.71. The van der Waals surface area contributed by atoms with E-state index in [1.807, 2.05) is 0 Å². The molecule has 0 amide bonds. The van der Waals surface area contributed by atoms with Crippen molar-refractivity contribution in [3.05, 3.63) is 12.2 Å². The molecule has 1 aliphatic carbocycles. The van der Waals surface area contributed by atoms with Gasteiger partial charge in [0.25, 0.3) is 0 Å². The maximum absolute atomic E-state index is 2.73. The van der Waals surface area contributed by atoms with E-state index in [2.05, 4.69) is 58.6 Å². The van der Waals surface area contributed by atoms with Gasteiger partial charge in [0.2, 0.25) is 0 Å². The third kappa shape index (κ3) is 1.75. The normalized spacial score (nSPS) is 36.5. The fourth-order valence-corrected chi connectivity index (χ4v) is 3.53. The van der Waals surface area contributed by atoms with Crippen LogP contribution in [0.5, 0.6) is 0 Å². The largest absolute Gasteiger partial charge is 0.288 e. The molecule has 2 aliphatic rings.